The third-order valence-electron chi connectivity index (χ3n) is 6.36. The minimum absolute atomic E-state index is 0.138. The Labute approximate surface area is 225 Å². The fraction of sp³-hybridized carbons (Fsp3) is 0.276. The van der Waals surface area contributed by atoms with E-state index >= 15 is 0 Å². The Balaban J connectivity index is 1.21. The SMILES string of the molecule is NC(=O)CNC(=O)c1cc2ccccc2cc1NCCCCCNC(=O)[C@H](N)Cc1csc2ccccc12. The Hall–Kier alpha value is -3.95. The van der Waals surface area contributed by atoms with Crippen LogP contribution in [0.1, 0.15) is 35.2 Å². The van der Waals surface area contributed by atoms with Crippen molar-refractivity contribution in [2.45, 2.75) is 31.7 Å². The Morgan fingerprint density at radius 2 is 1.58 bits per heavy atom. The van der Waals surface area contributed by atoms with Gasteiger partial charge in [0.05, 0.1) is 18.2 Å². The minimum Gasteiger partial charge on any atom is -0.384 e. The van der Waals surface area contributed by atoms with E-state index in [2.05, 4.69) is 33.5 Å². The lowest BCUT2D eigenvalue weighted by molar-refractivity contribution is -0.122. The molecule has 198 valence electrons. The molecule has 1 atom stereocenters. The maximum atomic E-state index is 12.7. The molecule has 0 radical (unpaired) electrons. The van der Waals surface area contributed by atoms with E-state index in [0.717, 1.165) is 41.0 Å². The molecule has 0 unspecified atom stereocenters. The highest BCUT2D eigenvalue weighted by atomic mass is 32.1. The van der Waals surface area contributed by atoms with E-state index in [-0.39, 0.29) is 18.4 Å². The number of hydrogen-bond donors (Lipinski definition) is 5. The normalized spacial score (nSPS) is 11.8. The number of unbranched alkanes of at least 4 members (excludes halogenated alkanes) is 2. The van der Waals surface area contributed by atoms with Gasteiger partial charge in [0.1, 0.15) is 0 Å². The van der Waals surface area contributed by atoms with Crippen molar-refractivity contribution in [1.29, 1.82) is 0 Å². The summed E-state index contributed by atoms with van der Waals surface area (Å²) in [5.74, 6) is -1.09. The molecule has 38 heavy (non-hydrogen) atoms. The van der Waals surface area contributed by atoms with Gasteiger partial charge in [-0.3, -0.25) is 14.4 Å². The second kappa shape index (κ2) is 13.0. The first-order chi connectivity index (χ1) is 18.4. The number of thiophene rings is 1. The van der Waals surface area contributed by atoms with Crippen LogP contribution in [0.4, 0.5) is 5.69 Å². The van der Waals surface area contributed by atoms with E-state index in [4.69, 9.17) is 11.5 Å². The van der Waals surface area contributed by atoms with Crippen LogP contribution in [0, 0.1) is 0 Å². The maximum Gasteiger partial charge on any atom is 0.253 e. The standard InChI is InChI=1S/C29H33N5O3S/c30-24(15-21-18-38-26-11-5-4-10-22(21)26)29(37)33-13-7-1-6-12-32-25-16-20-9-3-2-8-19(20)14-23(25)28(36)34-17-27(31)35/h2-5,8-11,14,16,18,24,32H,1,6-7,12-13,15,17,30H2,(H2,31,35)(H,33,37)(H,34,36)/t24-/m1/s1. The van der Waals surface area contributed by atoms with Crippen molar-refractivity contribution in [2.24, 2.45) is 11.5 Å². The monoisotopic (exact) mass is 531 g/mol. The molecule has 1 heterocycles. The van der Waals surface area contributed by atoms with E-state index < -0.39 is 11.9 Å². The molecule has 3 amide bonds. The third kappa shape index (κ3) is 7.08. The first-order valence-electron chi connectivity index (χ1n) is 12.7. The van der Waals surface area contributed by atoms with E-state index in [0.29, 0.717) is 30.8 Å². The summed E-state index contributed by atoms with van der Waals surface area (Å²) >= 11 is 1.67. The summed E-state index contributed by atoms with van der Waals surface area (Å²) in [6.07, 6.45) is 3.10. The molecule has 3 aromatic carbocycles. The predicted molar refractivity (Wildman–Crippen MR) is 154 cm³/mol. The molecule has 0 aliphatic carbocycles. The van der Waals surface area contributed by atoms with Crippen LogP contribution in [-0.4, -0.2) is 43.4 Å². The number of amides is 3. The van der Waals surface area contributed by atoms with Gasteiger partial charge in [-0.25, -0.2) is 0 Å². The highest BCUT2D eigenvalue weighted by Gasteiger charge is 2.16. The van der Waals surface area contributed by atoms with Gasteiger partial charge in [-0.05, 0) is 71.0 Å². The smallest absolute Gasteiger partial charge is 0.253 e. The van der Waals surface area contributed by atoms with Gasteiger partial charge in [-0.1, -0.05) is 42.5 Å². The number of carbonyl (C=O) groups is 3. The molecule has 4 aromatic rings. The minimum atomic E-state index is -0.596. The van der Waals surface area contributed by atoms with Crippen LogP contribution < -0.4 is 27.4 Å². The van der Waals surface area contributed by atoms with E-state index in [1.165, 1.54) is 4.70 Å². The number of nitrogens with one attached hydrogen (secondary N) is 3. The first-order valence-corrected chi connectivity index (χ1v) is 13.6. The van der Waals surface area contributed by atoms with Crippen LogP contribution in [0.25, 0.3) is 20.9 Å². The number of benzene rings is 3. The molecule has 1 aromatic heterocycles. The van der Waals surface area contributed by atoms with Crippen molar-refractivity contribution >= 4 is 55.6 Å². The van der Waals surface area contributed by atoms with Gasteiger partial charge >= 0.3 is 0 Å². The van der Waals surface area contributed by atoms with Gasteiger partial charge < -0.3 is 27.4 Å². The fourth-order valence-electron chi connectivity index (χ4n) is 4.35. The number of primary amides is 1. The highest BCUT2D eigenvalue weighted by molar-refractivity contribution is 7.17. The number of carbonyl (C=O) groups excluding carboxylic acids is 3. The molecule has 4 rings (SSSR count). The lowest BCUT2D eigenvalue weighted by atomic mass is 10.0. The Kier molecular flexibility index (Phi) is 9.29. The topological polar surface area (TPSA) is 139 Å². The van der Waals surface area contributed by atoms with E-state index in [9.17, 15) is 14.4 Å². The molecule has 0 aliphatic heterocycles. The summed E-state index contributed by atoms with van der Waals surface area (Å²) < 4.78 is 1.20. The van der Waals surface area contributed by atoms with Crippen LogP contribution in [0.3, 0.4) is 0 Å². The predicted octanol–water partition coefficient (Wildman–Crippen LogP) is 3.54. The molecule has 0 spiro atoms. The van der Waals surface area contributed by atoms with Crippen molar-refractivity contribution in [3.63, 3.8) is 0 Å². The zero-order valence-corrected chi connectivity index (χ0v) is 22.0. The Morgan fingerprint density at radius 3 is 2.37 bits per heavy atom. The average molecular weight is 532 g/mol. The number of anilines is 1. The summed E-state index contributed by atoms with van der Waals surface area (Å²) in [6.45, 7) is 1.01. The van der Waals surface area contributed by atoms with Crippen molar-refractivity contribution in [1.82, 2.24) is 10.6 Å². The summed E-state index contributed by atoms with van der Waals surface area (Å²) in [5, 5.41) is 14.0. The second-order valence-corrected chi connectivity index (χ2v) is 10.2. The maximum absolute atomic E-state index is 12.7. The summed E-state index contributed by atoms with van der Waals surface area (Å²) in [5.41, 5.74) is 13.6. The lowest BCUT2D eigenvalue weighted by Gasteiger charge is -2.14. The van der Waals surface area contributed by atoms with Crippen molar-refractivity contribution in [3.05, 3.63) is 77.2 Å². The molecule has 0 fully saturated rings. The van der Waals surface area contributed by atoms with Gasteiger partial charge in [0.25, 0.3) is 5.91 Å². The molecule has 0 saturated heterocycles. The van der Waals surface area contributed by atoms with E-state index in [1.807, 2.05) is 48.5 Å². The van der Waals surface area contributed by atoms with Gasteiger partial charge in [0.2, 0.25) is 11.8 Å². The molecule has 0 aliphatic rings. The van der Waals surface area contributed by atoms with Crippen LogP contribution in [0.5, 0.6) is 0 Å². The molecular weight excluding hydrogens is 498 g/mol. The molecule has 9 heteroatoms. The molecule has 8 nitrogen and oxygen atoms in total. The Bertz CT molecular complexity index is 1430. The van der Waals surface area contributed by atoms with Crippen molar-refractivity contribution in [3.8, 4) is 0 Å². The Morgan fingerprint density at radius 1 is 0.868 bits per heavy atom. The van der Waals surface area contributed by atoms with Crippen molar-refractivity contribution < 1.29 is 14.4 Å². The zero-order valence-electron chi connectivity index (χ0n) is 21.2. The molecule has 7 N–H and O–H groups in total. The highest BCUT2D eigenvalue weighted by Crippen LogP contribution is 2.26. The number of fused-ring (bicyclic) bond motifs is 2. The summed E-state index contributed by atoms with van der Waals surface area (Å²) in [6, 6.07) is 19.1. The van der Waals surface area contributed by atoms with Gasteiger partial charge in [-0.2, -0.15) is 0 Å². The van der Waals surface area contributed by atoms with Crippen molar-refractivity contribution in [2.75, 3.05) is 25.0 Å². The number of hydrogen-bond acceptors (Lipinski definition) is 6. The second-order valence-electron chi connectivity index (χ2n) is 9.24. The largest absolute Gasteiger partial charge is 0.384 e. The van der Waals surface area contributed by atoms with Gasteiger partial charge in [0, 0.05) is 23.5 Å². The van der Waals surface area contributed by atoms with Gasteiger partial charge in [-0.15, -0.1) is 11.3 Å². The van der Waals surface area contributed by atoms with Crippen LogP contribution in [0.15, 0.2) is 66.0 Å². The lowest BCUT2D eigenvalue weighted by Crippen LogP contribution is -2.42. The molecular formula is C29H33N5O3S. The van der Waals surface area contributed by atoms with Crippen LogP contribution >= 0.6 is 11.3 Å². The molecule has 0 saturated carbocycles. The van der Waals surface area contributed by atoms with E-state index in [1.54, 1.807) is 11.3 Å². The number of nitrogens with two attached hydrogens (primary N) is 2. The zero-order chi connectivity index (χ0) is 26.9. The average Bonchev–Trinajstić information content (AvgIpc) is 3.33. The van der Waals surface area contributed by atoms with Gasteiger partial charge in [0.15, 0.2) is 0 Å². The first kappa shape index (κ1) is 27.1. The van der Waals surface area contributed by atoms with Crippen LogP contribution in [0.2, 0.25) is 0 Å². The summed E-state index contributed by atoms with van der Waals surface area (Å²) in [7, 11) is 0. The van der Waals surface area contributed by atoms with Crippen LogP contribution in [-0.2, 0) is 16.0 Å². The molecule has 0 bridgehead atoms. The third-order valence-corrected chi connectivity index (χ3v) is 7.37. The fourth-order valence-corrected chi connectivity index (χ4v) is 5.33. The summed E-state index contributed by atoms with van der Waals surface area (Å²) in [4.78, 5) is 36.2. The quantitative estimate of drug-likeness (QED) is 0.168. The number of rotatable bonds is 13.